The number of carboxylic acids is 1. The molecule has 0 spiro atoms. The summed E-state index contributed by atoms with van der Waals surface area (Å²) in [4.78, 5) is 10.6. The molecular formula is C9H18O3. The number of carboxylic acid groups (broad SMARTS) is 1. The Morgan fingerprint density at radius 3 is 2.42 bits per heavy atom. The van der Waals surface area contributed by atoms with Gasteiger partial charge in [-0.25, -0.2) is 4.79 Å². The molecule has 0 rings (SSSR count). The Bertz CT molecular complexity index is 132. The largest absolute Gasteiger partial charge is 0.479 e. The lowest BCUT2D eigenvalue weighted by atomic mass is 10.1. The monoisotopic (exact) mass is 174 g/mol. The highest BCUT2D eigenvalue weighted by molar-refractivity contribution is 5.72. The number of rotatable bonds is 6. The second kappa shape index (κ2) is 6.00. The van der Waals surface area contributed by atoms with Gasteiger partial charge in [0, 0.05) is 6.61 Å². The summed E-state index contributed by atoms with van der Waals surface area (Å²) in [5.74, 6) is -0.819. The van der Waals surface area contributed by atoms with Crippen molar-refractivity contribution in [2.45, 2.75) is 39.7 Å². The van der Waals surface area contributed by atoms with Gasteiger partial charge in [-0.15, -0.1) is 0 Å². The van der Waals surface area contributed by atoms with Crippen LogP contribution in [-0.2, 0) is 9.53 Å². The van der Waals surface area contributed by atoms with Crippen LogP contribution in [0.15, 0.2) is 0 Å². The number of hydrogen-bond donors (Lipinski definition) is 1. The van der Waals surface area contributed by atoms with Gasteiger partial charge in [-0.1, -0.05) is 27.2 Å². The van der Waals surface area contributed by atoms with E-state index in [9.17, 15) is 4.79 Å². The number of carbonyl (C=O) groups is 1. The maximum atomic E-state index is 10.6. The van der Waals surface area contributed by atoms with Crippen LogP contribution < -0.4 is 0 Å². The van der Waals surface area contributed by atoms with Crippen LogP contribution in [0, 0.1) is 5.92 Å². The minimum absolute atomic E-state index is 0.0411. The van der Waals surface area contributed by atoms with Crippen LogP contribution in [0.4, 0.5) is 0 Å². The van der Waals surface area contributed by atoms with E-state index >= 15 is 0 Å². The Kier molecular flexibility index (Phi) is 5.72. The summed E-state index contributed by atoms with van der Waals surface area (Å²) >= 11 is 0. The highest BCUT2D eigenvalue weighted by atomic mass is 16.5. The van der Waals surface area contributed by atoms with Crippen LogP contribution in [0.1, 0.15) is 33.6 Å². The summed E-state index contributed by atoms with van der Waals surface area (Å²) in [6.45, 7) is 6.30. The normalized spacial score (nSPS) is 13.3. The molecule has 12 heavy (non-hydrogen) atoms. The molecule has 0 aromatic rings. The van der Waals surface area contributed by atoms with Gasteiger partial charge in [-0.2, -0.15) is 0 Å². The van der Waals surface area contributed by atoms with Gasteiger partial charge in [0.2, 0.25) is 0 Å². The number of hydrogen-bond acceptors (Lipinski definition) is 2. The molecule has 0 saturated heterocycles. The first kappa shape index (κ1) is 11.4. The quantitative estimate of drug-likeness (QED) is 0.626. The second-order valence-electron chi connectivity index (χ2n) is 3.23. The first-order valence-electron chi connectivity index (χ1n) is 4.44. The van der Waals surface area contributed by atoms with Gasteiger partial charge in [0.25, 0.3) is 0 Å². The molecule has 0 aromatic carbocycles. The van der Waals surface area contributed by atoms with Gasteiger partial charge in [0.15, 0.2) is 6.10 Å². The van der Waals surface area contributed by atoms with Crippen molar-refractivity contribution < 1.29 is 14.6 Å². The molecule has 3 nitrogen and oxygen atoms in total. The van der Waals surface area contributed by atoms with E-state index in [1.807, 2.05) is 13.8 Å². The number of ether oxygens (including phenoxy) is 1. The Morgan fingerprint density at radius 2 is 2.08 bits per heavy atom. The fourth-order valence-electron chi connectivity index (χ4n) is 0.904. The van der Waals surface area contributed by atoms with Crippen LogP contribution in [0.25, 0.3) is 0 Å². The van der Waals surface area contributed by atoms with E-state index in [2.05, 4.69) is 6.92 Å². The van der Waals surface area contributed by atoms with Gasteiger partial charge in [-0.3, -0.25) is 0 Å². The van der Waals surface area contributed by atoms with E-state index in [-0.39, 0.29) is 5.92 Å². The summed E-state index contributed by atoms with van der Waals surface area (Å²) in [5, 5.41) is 8.72. The smallest absolute Gasteiger partial charge is 0.333 e. The van der Waals surface area contributed by atoms with Crippen LogP contribution in [0.5, 0.6) is 0 Å². The van der Waals surface area contributed by atoms with E-state index in [1.54, 1.807) is 0 Å². The lowest BCUT2D eigenvalue weighted by molar-refractivity contribution is -0.153. The third-order valence-corrected chi connectivity index (χ3v) is 1.64. The molecule has 0 aliphatic carbocycles. The average molecular weight is 174 g/mol. The molecule has 72 valence electrons. The minimum atomic E-state index is -0.860. The van der Waals surface area contributed by atoms with E-state index in [1.165, 1.54) is 0 Å². The first-order valence-corrected chi connectivity index (χ1v) is 4.44. The lowest BCUT2D eigenvalue weighted by Gasteiger charge is -2.16. The molecule has 0 fully saturated rings. The van der Waals surface area contributed by atoms with Crippen molar-refractivity contribution in [1.29, 1.82) is 0 Å². The fourth-order valence-corrected chi connectivity index (χ4v) is 0.904. The molecule has 0 saturated carbocycles. The first-order chi connectivity index (χ1) is 5.59. The molecule has 0 heterocycles. The standard InChI is InChI=1S/C9H18O3/c1-4-5-6-12-8(7(2)3)9(10)11/h7-8H,4-6H2,1-3H3,(H,10,11)/t8-/m0/s1. The molecule has 0 aliphatic heterocycles. The fraction of sp³-hybridized carbons (Fsp3) is 0.889. The maximum Gasteiger partial charge on any atom is 0.333 e. The third kappa shape index (κ3) is 4.34. The van der Waals surface area contributed by atoms with Crippen molar-refractivity contribution in [1.82, 2.24) is 0 Å². The highest BCUT2D eigenvalue weighted by Crippen LogP contribution is 2.07. The van der Waals surface area contributed by atoms with Crippen molar-refractivity contribution >= 4 is 5.97 Å². The molecule has 0 amide bonds. The zero-order valence-electron chi connectivity index (χ0n) is 8.04. The Labute approximate surface area is 73.7 Å². The van der Waals surface area contributed by atoms with Gasteiger partial charge in [0.05, 0.1) is 0 Å². The molecule has 0 aliphatic rings. The molecule has 0 bridgehead atoms. The predicted molar refractivity (Wildman–Crippen MR) is 47.1 cm³/mol. The van der Waals surface area contributed by atoms with Gasteiger partial charge < -0.3 is 9.84 Å². The summed E-state index contributed by atoms with van der Waals surface area (Å²) in [7, 11) is 0. The minimum Gasteiger partial charge on any atom is -0.479 e. The summed E-state index contributed by atoms with van der Waals surface area (Å²) < 4.78 is 5.21. The zero-order valence-corrected chi connectivity index (χ0v) is 8.04. The molecule has 0 unspecified atom stereocenters. The predicted octanol–water partition coefficient (Wildman–Crippen LogP) is 1.91. The SMILES string of the molecule is CCCCO[C@H](C(=O)O)C(C)C. The number of aliphatic carboxylic acids is 1. The van der Waals surface area contributed by atoms with E-state index in [0.29, 0.717) is 6.61 Å². The molecule has 1 N–H and O–H groups in total. The topological polar surface area (TPSA) is 46.5 Å². The Hall–Kier alpha value is -0.570. The molecule has 0 aromatic heterocycles. The van der Waals surface area contributed by atoms with E-state index in [0.717, 1.165) is 12.8 Å². The average Bonchev–Trinajstić information content (AvgIpc) is 1.96. The second-order valence-corrected chi connectivity index (χ2v) is 3.23. The Morgan fingerprint density at radius 1 is 1.50 bits per heavy atom. The zero-order chi connectivity index (χ0) is 9.56. The van der Waals surface area contributed by atoms with Crippen LogP contribution in [0.2, 0.25) is 0 Å². The highest BCUT2D eigenvalue weighted by Gasteiger charge is 2.21. The molecule has 0 radical (unpaired) electrons. The van der Waals surface area contributed by atoms with Crippen molar-refractivity contribution in [2.75, 3.05) is 6.61 Å². The third-order valence-electron chi connectivity index (χ3n) is 1.64. The summed E-state index contributed by atoms with van der Waals surface area (Å²) in [6.07, 6.45) is 1.32. The molecule has 3 heteroatoms. The van der Waals surface area contributed by atoms with Crippen molar-refractivity contribution in [3.63, 3.8) is 0 Å². The molecule has 1 atom stereocenters. The van der Waals surface area contributed by atoms with Crippen molar-refractivity contribution in [3.05, 3.63) is 0 Å². The van der Waals surface area contributed by atoms with Gasteiger partial charge >= 0.3 is 5.97 Å². The van der Waals surface area contributed by atoms with E-state index in [4.69, 9.17) is 9.84 Å². The number of unbranched alkanes of at least 4 members (excludes halogenated alkanes) is 1. The van der Waals surface area contributed by atoms with E-state index < -0.39 is 12.1 Å². The lowest BCUT2D eigenvalue weighted by Crippen LogP contribution is -2.29. The summed E-state index contributed by atoms with van der Waals surface area (Å²) in [6, 6.07) is 0. The Balaban J connectivity index is 3.72. The van der Waals surface area contributed by atoms with Crippen LogP contribution in [-0.4, -0.2) is 23.8 Å². The van der Waals surface area contributed by atoms with Crippen LogP contribution >= 0.6 is 0 Å². The van der Waals surface area contributed by atoms with Gasteiger partial charge in [0.1, 0.15) is 0 Å². The maximum absolute atomic E-state index is 10.6. The molecular weight excluding hydrogens is 156 g/mol. The van der Waals surface area contributed by atoms with Crippen molar-refractivity contribution in [2.24, 2.45) is 5.92 Å². The van der Waals surface area contributed by atoms with Crippen molar-refractivity contribution in [3.8, 4) is 0 Å². The van der Waals surface area contributed by atoms with Crippen LogP contribution in [0.3, 0.4) is 0 Å². The summed E-state index contributed by atoms with van der Waals surface area (Å²) in [5.41, 5.74) is 0. The van der Waals surface area contributed by atoms with Gasteiger partial charge in [-0.05, 0) is 12.3 Å².